The molecule has 0 aromatic heterocycles. The highest BCUT2D eigenvalue weighted by Gasteiger charge is 2.26. The van der Waals surface area contributed by atoms with E-state index in [1.54, 1.807) is 12.1 Å². The molecular weight excluding hydrogens is 282 g/mol. The Morgan fingerprint density at radius 2 is 1.71 bits per heavy atom. The van der Waals surface area contributed by atoms with E-state index in [4.69, 9.17) is 0 Å². The van der Waals surface area contributed by atoms with Crippen LogP contribution in [0, 0.1) is 11.8 Å². The lowest BCUT2D eigenvalue weighted by atomic mass is 9.77. The molecule has 2 rings (SSSR count). The Morgan fingerprint density at radius 1 is 1.14 bits per heavy atom. The van der Waals surface area contributed by atoms with Gasteiger partial charge in [-0.05, 0) is 48.9 Å². The monoisotopic (exact) mass is 309 g/mol. The first kappa shape index (κ1) is 16.5. The average molecular weight is 309 g/mol. The fraction of sp³-hybridized carbons (Fsp3) is 0.647. The number of sulfone groups is 1. The summed E-state index contributed by atoms with van der Waals surface area (Å²) in [6, 6.07) is 7.76. The highest BCUT2D eigenvalue weighted by atomic mass is 32.2. The molecule has 0 amide bonds. The van der Waals surface area contributed by atoms with E-state index >= 15 is 0 Å². The van der Waals surface area contributed by atoms with Crippen LogP contribution in [0.4, 0.5) is 0 Å². The molecule has 4 heteroatoms. The van der Waals surface area contributed by atoms with Gasteiger partial charge in [-0.3, -0.25) is 0 Å². The molecule has 1 saturated carbocycles. The first-order chi connectivity index (χ1) is 9.91. The third-order valence-electron chi connectivity index (χ3n) is 4.62. The van der Waals surface area contributed by atoms with E-state index < -0.39 is 9.84 Å². The Labute approximate surface area is 129 Å². The third kappa shape index (κ3) is 4.30. The van der Waals surface area contributed by atoms with Crippen molar-refractivity contribution in [2.45, 2.75) is 50.5 Å². The fourth-order valence-corrected chi connectivity index (χ4v) is 3.95. The summed E-state index contributed by atoms with van der Waals surface area (Å²) in [5.41, 5.74) is 1.21. The van der Waals surface area contributed by atoms with Gasteiger partial charge in [0.15, 0.2) is 9.84 Å². The van der Waals surface area contributed by atoms with Crippen molar-refractivity contribution in [2.75, 3.05) is 12.8 Å². The van der Waals surface area contributed by atoms with Gasteiger partial charge in [0.05, 0.1) is 4.90 Å². The van der Waals surface area contributed by atoms with E-state index in [1.165, 1.54) is 37.5 Å². The Kier molecular flexibility index (Phi) is 5.44. The van der Waals surface area contributed by atoms with Crippen LogP contribution in [-0.2, 0) is 9.84 Å². The molecule has 1 fully saturated rings. The molecule has 1 unspecified atom stereocenters. The summed E-state index contributed by atoms with van der Waals surface area (Å²) in [4.78, 5) is 0.402. The molecule has 1 aliphatic carbocycles. The summed E-state index contributed by atoms with van der Waals surface area (Å²) < 4.78 is 23.1. The highest BCUT2D eigenvalue weighted by Crippen LogP contribution is 2.36. The van der Waals surface area contributed by atoms with Gasteiger partial charge in [-0.25, -0.2) is 8.42 Å². The SMILES string of the molecule is CCNC(c1ccc(S(C)(=O)=O)cc1)C1CCC(C)CC1. The summed E-state index contributed by atoms with van der Waals surface area (Å²) in [6.45, 7) is 5.40. The first-order valence-electron chi connectivity index (χ1n) is 7.95. The lowest BCUT2D eigenvalue weighted by Crippen LogP contribution is -2.30. The van der Waals surface area contributed by atoms with E-state index in [0.29, 0.717) is 16.9 Å². The minimum Gasteiger partial charge on any atom is -0.310 e. The molecule has 3 nitrogen and oxygen atoms in total. The molecule has 1 atom stereocenters. The van der Waals surface area contributed by atoms with Crippen LogP contribution in [-0.4, -0.2) is 21.2 Å². The van der Waals surface area contributed by atoms with Crippen molar-refractivity contribution in [2.24, 2.45) is 11.8 Å². The van der Waals surface area contributed by atoms with Crippen molar-refractivity contribution in [3.63, 3.8) is 0 Å². The molecule has 0 spiro atoms. The second kappa shape index (κ2) is 6.93. The van der Waals surface area contributed by atoms with E-state index in [2.05, 4.69) is 19.2 Å². The summed E-state index contributed by atoms with van der Waals surface area (Å²) in [5, 5.41) is 3.59. The molecule has 118 valence electrons. The first-order valence-corrected chi connectivity index (χ1v) is 9.84. The van der Waals surface area contributed by atoms with Gasteiger partial charge in [0.25, 0.3) is 0 Å². The highest BCUT2D eigenvalue weighted by molar-refractivity contribution is 7.90. The van der Waals surface area contributed by atoms with E-state index in [1.807, 2.05) is 12.1 Å². The van der Waals surface area contributed by atoms with Crippen molar-refractivity contribution in [3.8, 4) is 0 Å². The smallest absolute Gasteiger partial charge is 0.175 e. The summed E-state index contributed by atoms with van der Waals surface area (Å²) >= 11 is 0. The number of nitrogens with one attached hydrogen (secondary N) is 1. The Balaban J connectivity index is 2.18. The van der Waals surface area contributed by atoms with Crippen molar-refractivity contribution < 1.29 is 8.42 Å². The molecule has 1 aromatic carbocycles. The van der Waals surface area contributed by atoms with Crippen LogP contribution in [0.2, 0.25) is 0 Å². The number of benzene rings is 1. The standard InChI is InChI=1S/C17H27NO2S/c1-4-18-17(14-7-5-13(2)6-8-14)15-9-11-16(12-10-15)21(3,19)20/h9-14,17-18H,4-8H2,1-3H3. The Hall–Kier alpha value is -0.870. The van der Waals surface area contributed by atoms with Gasteiger partial charge >= 0.3 is 0 Å². The molecule has 0 bridgehead atoms. The van der Waals surface area contributed by atoms with E-state index in [0.717, 1.165) is 12.5 Å². The van der Waals surface area contributed by atoms with Crippen molar-refractivity contribution in [3.05, 3.63) is 29.8 Å². The molecule has 0 saturated heterocycles. The predicted molar refractivity (Wildman–Crippen MR) is 87.1 cm³/mol. The van der Waals surface area contributed by atoms with Gasteiger partial charge < -0.3 is 5.32 Å². The molecule has 1 N–H and O–H groups in total. The lowest BCUT2D eigenvalue weighted by Gasteiger charge is -2.33. The molecule has 0 aliphatic heterocycles. The molecule has 1 aliphatic rings. The average Bonchev–Trinajstić information content (AvgIpc) is 2.45. The Morgan fingerprint density at radius 3 is 2.19 bits per heavy atom. The molecule has 0 heterocycles. The molecular formula is C17H27NO2S. The van der Waals surface area contributed by atoms with Crippen LogP contribution in [0.5, 0.6) is 0 Å². The van der Waals surface area contributed by atoms with Gasteiger partial charge in [-0.2, -0.15) is 0 Å². The quantitative estimate of drug-likeness (QED) is 0.904. The second-order valence-corrected chi connectivity index (χ2v) is 8.41. The number of hydrogen-bond donors (Lipinski definition) is 1. The van der Waals surface area contributed by atoms with Crippen LogP contribution in [0.15, 0.2) is 29.2 Å². The summed E-state index contributed by atoms with van der Waals surface area (Å²) in [7, 11) is -3.11. The van der Waals surface area contributed by atoms with Gasteiger partial charge in [0.1, 0.15) is 0 Å². The zero-order chi connectivity index (χ0) is 15.5. The zero-order valence-corrected chi connectivity index (χ0v) is 14.1. The van der Waals surface area contributed by atoms with Crippen LogP contribution in [0.25, 0.3) is 0 Å². The van der Waals surface area contributed by atoms with Gasteiger partial charge in [0, 0.05) is 12.3 Å². The third-order valence-corrected chi connectivity index (χ3v) is 5.75. The van der Waals surface area contributed by atoms with Crippen LogP contribution in [0.3, 0.4) is 0 Å². The molecule has 1 aromatic rings. The normalized spacial score (nSPS) is 24.7. The minimum atomic E-state index is -3.11. The maximum atomic E-state index is 11.6. The summed E-state index contributed by atoms with van der Waals surface area (Å²) in [5.74, 6) is 1.50. The van der Waals surface area contributed by atoms with Gasteiger partial charge in [-0.1, -0.05) is 38.8 Å². The second-order valence-electron chi connectivity index (χ2n) is 6.40. The Bertz CT molecular complexity index is 543. The molecule has 21 heavy (non-hydrogen) atoms. The predicted octanol–water partition coefficient (Wildman–Crippen LogP) is 3.57. The zero-order valence-electron chi connectivity index (χ0n) is 13.3. The minimum absolute atomic E-state index is 0.344. The van der Waals surface area contributed by atoms with E-state index in [-0.39, 0.29) is 0 Å². The van der Waals surface area contributed by atoms with Crippen LogP contribution in [0.1, 0.15) is 51.1 Å². The van der Waals surface area contributed by atoms with Gasteiger partial charge in [0.2, 0.25) is 0 Å². The number of hydrogen-bond acceptors (Lipinski definition) is 3. The lowest BCUT2D eigenvalue weighted by molar-refractivity contribution is 0.233. The van der Waals surface area contributed by atoms with Crippen LogP contribution < -0.4 is 5.32 Å². The molecule has 0 radical (unpaired) electrons. The van der Waals surface area contributed by atoms with Crippen molar-refractivity contribution in [1.82, 2.24) is 5.32 Å². The fourth-order valence-electron chi connectivity index (χ4n) is 3.32. The van der Waals surface area contributed by atoms with Gasteiger partial charge in [-0.15, -0.1) is 0 Å². The largest absolute Gasteiger partial charge is 0.310 e. The maximum absolute atomic E-state index is 11.6. The maximum Gasteiger partial charge on any atom is 0.175 e. The number of rotatable bonds is 5. The topological polar surface area (TPSA) is 46.2 Å². The summed E-state index contributed by atoms with van der Waals surface area (Å²) in [6.07, 6.45) is 6.37. The van der Waals surface area contributed by atoms with E-state index in [9.17, 15) is 8.42 Å². The van der Waals surface area contributed by atoms with Crippen molar-refractivity contribution in [1.29, 1.82) is 0 Å². The van der Waals surface area contributed by atoms with Crippen molar-refractivity contribution >= 4 is 9.84 Å². The van der Waals surface area contributed by atoms with Crippen LogP contribution >= 0.6 is 0 Å².